The van der Waals surface area contributed by atoms with Crippen molar-refractivity contribution in [3.63, 3.8) is 0 Å². The molecule has 1 fully saturated rings. The molecular weight excluding hydrogens is 226 g/mol. The fourth-order valence-corrected chi connectivity index (χ4v) is 1.62. The number of hydrogen-bond donors (Lipinski definition) is 1. The van der Waals surface area contributed by atoms with Crippen molar-refractivity contribution >= 4 is 12.1 Å². The summed E-state index contributed by atoms with van der Waals surface area (Å²) in [4.78, 5) is 22.4. The van der Waals surface area contributed by atoms with Crippen molar-refractivity contribution in [1.29, 1.82) is 0 Å². The predicted octanol–water partition coefficient (Wildman–Crippen LogP) is 1.01. The van der Waals surface area contributed by atoms with Gasteiger partial charge in [-0.3, -0.25) is 0 Å². The summed E-state index contributed by atoms with van der Waals surface area (Å²) in [6.45, 7) is 0. The van der Waals surface area contributed by atoms with Crippen LogP contribution in [0.3, 0.4) is 0 Å². The number of amides is 1. The lowest BCUT2D eigenvalue weighted by Gasteiger charge is -2.12. The first kappa shape index (κ1) is 11.3. The van der Waals surface area contributed by atoms with Gasteiger partial charge in [0.1, 0.15) is 11.5 Å². The van der Waals surface area contributed by atoms with Gasteiger partial charge < -0.3 is 19.5 Å². The fraction of sp³-hybridized carbons (Fsp3) is 0.273. The Morgan fingerprint density at radius 3 is 2.53 bits per heavy atom. The summed E-state index contributed by atoms with van der Waals surface area (Å²) < 4.78 is 14.6. The standard InChI is InChI=1S/C11H11NO5/c1-15-6-3-4-7(8(5-6)16-2)9-10(13)17-11(14)12-9/h3-5,9H,1-2H3,(H,12,14). The van der Waals surface area contributed by atoms with Gasteiger partial charge in [-0.15, -0.1) is 0 Å². The van der Waals surface area contributed by atoms with Gasteiger partial charge in [0.25, 0.3) is 0 Å². The van der Waals surface area contributed by atoms with E-state index in [0.717, 1.165) is 0 Å². The van der Waals surface area contributed by atoms with Crippen LogP contribution in [-0.4, -0.2) is 26.3 Å². The van der Waals surface area contributed by atoms with E-state index in [0.29, 0.717) is 17.1 Å². The molecule has 0 aromatic heterocycles. The maximum atomic E-state index is 11.4. The number of rotatable bonds is 3. The number of carbonyl (C=O) groups is 2. The highest BCUT2D eigenvalue weighted by Gasteiger charge is 2.35. The van der Waals surface area contributed by atoms with Crippen LogP contribution in [0.25, 0.3) is 0 Å². The van der Waals surface area contributed by atoms with Gasteiger partial charge >= 0.3 is 12.1 Å². The first-order chi connectivity index (χ1) is 8.15. The lowest BCUT2D eigenvalue weighted by molar-refractivity contribution is -0.135. The van der Waals surface area contributed by atoms with Gasteiger partial charge in [0.15, 0.2) is 6.04 Å². The zero-order valence-electron chi connectivity index (χ0n) is 9.35. The largest absolute Gasteiger partial charge is 0.497 e. The molecule has 17 heavy (non-hydrogen) atoms. The Kier molecular flexibility index (Phi) is 2.86. The summed E-state index contributed by atoms with van der Waals surface area (Å²) in [6.07, 6.45) is -0.752. The number of alkyl carbamates (subject to hydrolysis) is 1. The van der Waals surface area contributed by atoms with Crippen LogP contribution in [-0.2, 0) is 9.53 Å². The molecule has 1 aromatic rings. The maximum absolute atomic E-state index is 11.4. The van der Waals surface area contributed by atoms with E-state index in [9.17, 15) is 9.59 Å². The van der Waals surface area contributed by atoms with E-state index >= 15 is 0 Å². The third-order valence-electron chi connectivity index (χ3n) is 2.44. The molecule has 1 N–H and O–H groups in total. The second-order valence-electron chi connectivity index (χ2n) is 3.39. The van der Waals surface area contributed by atoms with E-state index < -0.39 is 18.1 Å². The van der Waals surface area contributed by atoms with Crippen LogP contribution < -0.4 is 14.8 Å². The molecule has 2 rings (SSSR count). The molecule has 1 heterocycles. The second kappa shape index (κ2) is 4.32. The summed E-state index contributed by atoms with van der Waals surface area (Å²) in [5.74, 6) is 0.412. The second-order valence-corrected chi connectivity index (χ2v) is 3.39. The number of carbonyl (C=O) groups excluding carboxylic acids is 2. The van der Waals surface area contributed by atoms with Crippen molar-refractivity contribution in [2.24, 2.45) is 0 Å². The van der Waals surface area contributed by atoms with Crippen LogP contribution >= 0.6 is 0 Å². The Balaban J connectivity index is 2.38. The van der Waals surface area contributed by atoms with Crippen molar-refractivity contribution in [1.82, 2.24) is 5.32 Å². The van der Waals surface area contributed by atoms with Gasteiger partial charge in [0.2, 0.25) is 0 Å². The Hall–Kier alpha value is -2.24. The van der Waals surface area contributed by atoms with E-state index in [1.165, 1.54) is 14.2 Å². The lowest BCUT2D eigenvalue weighted by atomic mass is 10.1. The Morgan fingerprint density at radius 1 is 1.24 bits per heavy atom. The molecule has 0 saturated carbocycles. The minimum Gasteiger partial charge on any atom is -0.497 e. The van der Waals surface area contributed by atoms with Crippen molar-refractivity contribution in [2.45, 2.75) is 6.04 Å². The summed E-state index contributed by atoms with van der Waals surface area (Å²) in [5.41, 5.74) is 0.532. The van der Waals surface area contributed by atoms with Gasteiger partial charge in [0, 0.05) is 11.6 Å². The molecule has 0 aliphatic carbocycles. The minimum absolute atomic E-state index is 0.452. The number of benzene rings is 1. The lowest BCUT2D eigenvalue weighted by Crippen LogP contribution is -2.20. The molecule has 6 heteroatoms. The molecule has 1 aliphatic rings. The van der Waals surface area contributed by atoms with Crippen LogP contribution in [0, 0.1) is 0 Å². The number of nitrogens with one attached hydrogen (secondary N) is 1. The van der Waals surface area contributed by atoms with Crippen LogP contribution in [0.5, 0.6) is 11.5 Å². The summed E-state index contributed by atoms with van der Waals surface area (Å²) in [6, 6.07) is 4.13. The number of methoxy groups -OCH3 is 2. The quantitative estimate of drug-likeness (QED) is 0.627. The van der Waals surface area contributed by atoms with Gasteiger partial charge in [-0.1, -0.05) is 0 Å². The molecule has 6 nitrogen and oxygen atoms in total. The molecule has 1 unspecified atom stereocenters. The van der Waals surface area contributed by atoms with Crippen molar-refractivity contribution in [2.75, 3.05) is 14.2 Å². The SMILES string of the molecule is COc1ccc(C2NC(=O)OC2=O)c(OC)c1. The summed E-state index contributed by atoms with van der Waals surface area (Å²) in [7, 11) is 3.00. The predicted molar refractivity (Wildman–Crippen MR) is 56.9 cm³/mol. The van der Waals surface area contributed by atoms with Crippen LogP contribution in [0.4, 0.5) is 4.79 Å². The molecule has 1 aromatic carbocycles. The van der Waals surface area contributed by atoms with Crippen LogP contribution in [0.1, 0.15) is 11.6 Å². The van der Waals surface area contributed by atoms with Crippen molar-refractivity contribution < 1.29 is 23.8 Å². The van der Waals surface area contributed by atoms with Gasteiger partial charge in [-0.05, 0) is 12.1 Å². The monoisotopic (exact) mass is 237 g/mol. The fourth-order valence-electron chi connectivity index (χ4n) is 1.62. The zero-order chi connectivity index (χ0) is 12.4. The minimum atomic E-state index is -0.830. The van der Waals surface area contributed by atoms with Gasteiger partial charge in [-0.25, -0.2) is 9.59 Å². The molecule has 0 bridgehead atoms. The third kappa shape index (κ3) is 2.01. The Morgan fingerprint density at radius 2 is 2.00 bits per heavy atom. The molecule has 90 valence electrons. The average Bonchev–Trinajstić information content (AvgIpc) is 2.67. The summed E-state index contributed by atoms with van der Waals surface area (Å²) in [5, 5.41) is 2.40. The molecule has 1 atom stereocenters. The Bertz CT molecular complexity index is 471. The first-order valence-electron chi connectivity index (χ1n) is 4.90. The van der Waals surface area contributed by atoms with E-state index in [1.54, 1.807) is 18.2 Å². The highest BCUT2D eigenvalue weighted by atomic mass is 16.6. The normalized spacial score (nSPS) is 18.6. The van der Waals surface area contributed by atoms with Crippen molar-refractivity contribution in [3.8, 4) is 11.5 Å². The molecule has 0 spiro atoms. The number of ether oxygens (including phenoxy) is 3. The smallest absolute Gasteiger partial charge is 0.415 e. The van der Waals surface area contributed by atoms with E-state index in [4.69, 9.17) is 9.47 Å². The van der Waals surface area contributed by atoms with E-state index in [-0.39, 0.29) is 0 Å². The van der Waals surface area contributed by atoms with Crippen LogP contribution in [0.15, 0.2) is 18.2 Å². The molecular formula is C11H11NO5. The molecule has 1 saturated heterocycles. The highest BCUT2D eigenvalue weighted by molar-refractivity contribution is 5.96. The van der Waals surface area contributed by atoms with Gasteiger partial charge in [0.05, 0.1) is 14.2 Å². The molecule has 0 radical (unpaired) electrons. The Labute approximate surface area is 97.5 Å². The molecule has 1 aliphatic heterocycles. The number of esters is 1. The topological polar surface area (TPSA) is 73.9 Å². The maximum Gasteiger partial charge on any atom is 0.415 e. The van der Waals surface area contributed by atoms with Crippen LogP contribution in [0.2, 0.25) is 0 Å². The number of cyclic esters (lactones) is 2. The van der Waals surface area contributed by atoms with E-state index in [1.807, 2.05) is 0 Å². The van der Waals surface area contributed by atoms with Crippen molar-refractivity contribution in [3.05, 3.63) is 23.8 Å². The summed E-state index contributed by atoms with van der Waals surface area (Å²) >= 11 is 0. The first-order valence-corrected chi connectivity index (χ1v) is 4.90. The average molecular weight is 237 g/mol. The van der Waals surface area contributed by atoms with Gasteiger partial charge in [-0.2, -0.15) is 0 Å². The number of hydrogen-bond acceptors (Lipinski definition) is 5. The van der Waals surface area contributed by atoms with E-state index in [2.05, 4.69) is 10.1 Å². The highest BCUT2D eigenvalue weighted by Crippen LogP contribution is 2.31. The zero-order valence-corrected chi connectivity index (χ0v) is 9.35. The molecule has 1 amide bonds. The third-order valence-corrected chi connectivity index (χ3v) is 2.44.